The van der Waals surface area contributed by atoms with E-state index in [1.165, 1.54) is 0 Å². The molecule has 0 spiro atoms. The van der Waals surface area contributed by atoms with Gasteiger partial charge in [0.15, 0.2) is 6.10 Å². The second-order valence-corrected chi connectivity index (χ2v) is 4.41. The molecule has 0 amide bonds. The number of hydrogen-bond donors (Lipinski definition) is 1. The van der Waals surface area contributed by atoms with Crippen LogP contribution in [0.15, 0.2) is 0 Å². The second kappa shape index (κ2) is 5.83. The van der Waals surface area contributed by atoms with Gasteiger partial charge in [-0.15, -0.1) is 0 Å². The number of carbonyl (C=O) groups is 1. The lowest BCUT2D eigenvalue weighted by Crippen LogP contribution is -2.33. The molecular weight excluding hydrogens is 208 g/mol. The maximum Gasteiger partial charge on any atom is 0.332 e. The Labute approximate surface area is 95.6 Å². The Morgan fingerprint density at radius 1 is 1.69 bits per heavy atom. The lowest BCUT2D eigenvalue weighted by atomic mass is 10.1. The standard InChI is InChI=1S/C11H18N2O3/c1-8(5-12)6-13(2)7-9-3-4-10(16-9)11(14)15/h8-10H,3-4,6-7H2,1-2H3,(H,14,15). The summed E-state index contributed by atoms with van der Waals surface area (Å²) in [5.74, 6) is -0.891. The summed E-state index contributed by atoms with van der Waals surface area (Å²) in [4.78, 5) is 12.7. The van der Waals surface area contributed by atoms with Crippen molar-refractivity contribution >= 4 is 5.97 Å². The second-order valence-electron chi connectivity index (χ2n) is 4.41. The highest BCUT2D eigenvalue weighted by atomic mass is 16.5. The summed E-state index contributed by atoms with van der Waals surface area (Å²) in [7, 11) is 1.92. The Balaban J connectivity index is 2.29. The summed E-state index contributed by atoms with van der Waals surface area (Å²) in [5, 5.41) is 17.4. The van der Waals surface area contributed by atoms with E-state index in [1.807, 2.05) is 18.9 Å². The van der Waals surface area contributed by atoms with Gasteiger partial charge >= 0.3 is 5.97 Å². The summed E-state index contributed by atoms with van der Waals surface area (Å²) in [6.07, 6.45) is 0.702. The van der Waals surface area contributed by atoms with Gasteiger partial charge in [0, 0.05) is 13.1 Å². The average Bonchev–Trinajstić information content (AvgIpc) is 2.65. The molecule has 3 atom stereocenters. The van der Waals surface area contributed by atoms with E-state index in [9.17, 15) is 4.79 Å². The van der Waals surface area contributed by atoms with Crippen molar-refractivity contribution in [1.29, 1.82) is 5.26 Å². The van der Waals surface area contributed by atoms with E-state index < -0.39 is 12.1 Å². The van der Waals surface area contributed by atoms with E-state index >= 15 is 0 Å². The van der Waals surface area contributed by atoms with Gasteiger partial charge in [-0.3, -0.25) is 0 Å². The Morgan fingerprint density at radius 3 is 2.88 bits per heavy atom. The van der Waals surface area contributed by atoms with Crippen LogP contribution in [0.2, 0.25) is 0 Å². The summed E-state index contributed by atoms with van der Waals surface area (Å²) < 4.78 is 5.38. The van der Waals surface area contributed by atoms with Gasteiger partial charge in [-0.05, 0) is 26.8 Å². The Hall–Kier alpha value is -1.12. The Bertz CT molecular complexity index is 287. The lowest BCUT2D eigenvalue weighted by molar-refractivity contribution is -0.149. The molecule has 5 heteroatoms. The molecule has 1 rings (SSSR count). The molecule has 0 radical (unpaired) electrons. The zero-order chi connectivity index (χ0) is 12.1. The third-order valence-corrected chi connectivity index (χ3v) is 2.70. The highest BCUT2D eigenvalue weighted by molar-refractivity contribution is 5.72. The highest BCUT2D eigenvalue weighted by Gasteiger charge is 2.30. The van der Waals surface area contributed by atoms with Crippen LogP contribution in [0.1, 0.15) is 19.8 Å². The van der Waals surface area contributed by atoms with Crippen molar-refractivity contribution < 1.29 is 14.6 Å². The van der Waals surface area contributed by atoms with Crippen LogP contribution >= 0.6 is 0 Å². The van der Waals surface area contributed by atoms with Crippen LogP contribution in [-0.2, 0) is 9.53 Å². The minimum atomic E-state index is -0.879. The summed E-state index contributed by atoms with van der Waals surface area (Å²) >= 11 is 0. The average molecular weight is 226 g/mol. The van der Waals surface area contributed by atoms with Gasteiger partial charge in [0.05, 0.1) is 18.1 Å². The fourth-order valence-corrected chi connectivity index (χ4v) is 1.95. The number of hydrogen-bond acceptors (Lipinski definition) is 4. The number of ether oxygens (including phenoxy) is 1. The number of carboxylic acids is 1. The predicted octanol–water partition coefficient (Wildman–Crippen LogP) is 0.710. The van der Waals surface area contributed by atoms with E-state index in [2.05, 4.69) is 6.07 Å². The van der Waals surface area contributed by atoms with E-state index in [-0.39, 0.29) is 12.0 Å². The van der Waals surface area contributed by atoms with Gasteiger partial charge in [0.2, 0.25) is 0 Å². The number of nitrogens with zero attached hydrogens (tertiary/aromatic N) is 2. The zero-order valence-corrected chi connectivity index (χ0v) is 9.72. The van der Waals surface area contributed by atoms with Crippen molar-refractivity contribution in [2.75, 3.05) is 20.1 Å². The third kappa shape index (κ3) is 3.80. The Kier molecular flexibility index (Phi) is 4.71. The molecule has 3 unspecified atom stereocenters. The molecular formula is C11H18N2O3. The van der Waals surface area contributed by atoms with Gasteiger partial charge in [-0.25, -0.2) is 4.79 Å². The summed E-state index contributed by atoms with van der Waals surface area (Å²) in [5.41, 5.74) is 0. The first-order valence-corrected chi connectivity index (χ1v) is 5.49. The number of rotatable bonds is 5. The van der Waals surface area contributed by atoms with Gasteiger partial charge in [-0.2, -0.15) is 5.26 Å². The van der Waals surface area contributed by atoms with Gasteiger partial charge < -0.3 is 14.7 Å². The minimum Gasteiger partial charge on any atom is -0.479 e. The van der Waals surface area contributed by atoms with Crippen LogP contribution in [-0.4, -0.2) is 48.3 Å². The molecule has 90 valence electrons. The van der Waals surface area contributed by atoms with Crippen molar-refractivity contribution in [2.45, 2.75) is 32.0 Å². The normalized spacial score (nSPS) is 26.6. The van der Waals surface area contributed by atoms with Crippen molar-refractivity contribution in [3.8, 4) is 6.07 Å². The largest absolute Gasteiger partial charge is 0.479 e. The molecule has 1 heterocycles. The molecule has 1 aliphatic heterocycles. The number of aliphatic carboxylic acids is 1. The predicted molar refractivity (Wildman–Crippen MR) is 57.8 cm³/mol. The first-order valence-electron chi connectivity index (χ1n) is 5.49. The fraction of sp³-hybridized carbons (Fsp3) is 0.818. The van der Waals surface area contributed by atoms with Gasteiger partial charge in [-0.1, -0.05) is 0 Å². The molecule has 16 heavy (non-hydrogen) atoms. The monoisotopic (exact) mass is 226 g/mol. The molecule has 1 saturated heterocycles. The topological polar surface area (TPSA) is 73.6 Å². The van der Waals surface area contributed by atoms with Crippen molar-refractivity contribution in [3.63, 3.8) is 0 Å². The molecule has 0 bridgehead atoms. The van der Waals surface area contributed by atoms with Gasteiger partial charge in [0.1, 0.15) is 0 Å². The van der Waals surface area contributed by atoms with Gasteiger partial charge in [0.25, 0.3) is 0 Å². The van der Waals surface area contributed by atoms with Crippen molar-refractivity contribution in [2.24, 2.45) is 5.92 Å². The quantitative estimate of drug-likeness (QED) is 0.747. The maximum atomic E-state index is 10.7. The number of carboxylic acid groups (broad SMARTS) is 1. The smallest absolute Gasteiger partial charge is 0.332 e. The van der Waals surface area contributed by atoms with Crippen molar-refractivity contribution in [3.05, 3.63) is 0 Å². The first-order chi connectivity index (χ1) is 7.52. The first kappa shape index (κ1) is 12.9. The Morgan fingerprint density at radius 2 is 2.38 bits per heavy atom. The number of likely N-dealkylation sites (N-methyl/N-ethyl adjacent to an activating group) is 1. The molecule has 0 aromatic rings. The van der Waals surface area contributed by atoms with E-state index in [1.54, 1.807) is 0 Å². The van der Waals surface area contributed by atoms with Crippen LogP contribution in [0, 0.1) is 17.2 Å². The van der Waals surface area contributed by atoms with Crippen molar-refractivity contribution in [1.82, 2.24) is 4.90 Å². The summed E-state index contributed by atoms with van der Waals surface area (Å²) in [6, 6.07) is 2.17. The fourth-order valence-electron chi connectivity index (χ4n) is 1.95. The van der Waals surface area contributed by atoms with E-state index in [0.717, 1.165) is 6.42 Å². The maximum absolute atomic E-state index is 10.7. The molecule has 0 saturated carbocycles. The molecule has 1 fully saturated rings. The number of nitriles is 1. The lowest BCUT2D eigenvalue weighted by Gasteiger charge is -2.21. The van der Waals surface area contributed by atoms with Crippen LogP contribution in [0.4, 0.5) is 0 Å². The third-order valence-electron chi connectivity index (χ3n) is 2.70. The highest BCUT2D eigenvalue weighted by Crippen LogP contribution is 2.20. The molecule has 1 aliphatic rings. The van der Waals surface area contributed by atoms with Crippen LogP contribution in [0.3, 0.4) is 0 Å². The van der Waals surface area contributed by atoms with Crippen LogP contribution in [0.25, 0.3) is 0 Å². The SMILES string of the molecule is CC(C#N)CN(C)CC1CCC(C(=O)O)O1. The molecule has 0 aromatic carbocycles. The molecule has 5 nitrogen and oxygen atoms in total. The minimum absolute atomic E-state index is 0.0123. The molecule has 0 aliphatic carbocycles. The molecule has 1 N–H and O–H groups in total. The molecule has 0 aromatic heterocycles. The summed E-state index contributed by atoms with van der Waals surface area (Å²) in [6.45, 7) is 3.25. The van der Waals surface area contributed by atoms with E-state index in [4.69, 9.17) is 15.1 Å². The van der Waals surface area contributed by atoms with E-state index in [0.29, 0.717) is 19.5 Å². The van der Waals surface area contributed by atoms with Crippen LogP contribution < -0.4 is 0 Å². The zero-order valence-electron chi connectivity index (χ0n) is 9.72. The van der Waals surface area contributed by atoms with Crippen LogP contribution in [0.5, 0.6) is 0 Å².